The first kappa shape index (κ1) is 17.6. The number of rotatable bonds is 7. The summed E-state index contributed by atoms with van der Waals surface area (Å²) in [5, 5.41) is 3.92. The van der Waals surface area contributed by atoms with Gasteiger partial charge in [0.25, 0.3) is 0 Å². The van der Waals surface area contributed by atoms with Crippen LogP contribution in [0, 0.1) is 6.92 Å². The van der Waals surface area contributed by atoms with Crippen LogP contribution in [0.1, 0.15) is 35.5 Å². The second kappa shape index (κ2) is 8.23. The molecule has 3 rings (SSSR count). The van der Waals surface area contributed by atoms with Gasteiger partial charge in [-0.15, -0.1) is 11.3 Å². The summed E-state index contributed by atoms with van der Waals surface area (Å²) in [5.74, 6) is -0.103. The van der Waals surface area contributed by atoms with Gasteiger partial charge in [-0.1, -0.05) is 48.9 Å². The largest absolute Gasteiger partial charge is 0.364 e. The van der Waals surface area contributed by atoms with Gasteiger partial charge in [0.05, 0.1) is 22.9 Å². The topological polar surface area (TPSA) is 51.2 Å². The van der Waals surface area contributed by atoms with Crippen molar-refractivity contribution in [3.8, 4) is 0 Å². The highest BCUT2D eigenvalue weighted by molar-refractivity contribution is 7.18. The van der Waals surface area contributed by atoms with Crippen molar-refractivity contribution in [3.63, 3.8) is 0 Å². The number of nitrogens with zero attached hydrogens (tertiary/aromatic N) is 1. The first-order valence-electron chi connectivity index (χ1n) is 8.44. The third-order valence-electron chi connectivity index (χ3n) is 4.02. The van der Waals surface area contributed by atoms with Crippen LogP contribution in [0.3, 0.4) is 0 Å². The van der Waals surface area contributed by atoms with Crippen molar-refractivity contribution in [2.45, 2.75) is 32.9 Å². The molecule has 1 atom stereocenters. The van der Waals surface area contributed by atoms with Crippen molar-refractivity contribution in [2.75, 3.05) is 6.61 Å². The SMILES string of the molecule is CC[C@@H](NC(=O)COCc1nc2ccccc2s1)c1ccc(C)cc1. The molecule has 0 spiro atoms. The normalized spacial score (nSPS) is 12.2. The Labute approximate surface area is 151 Å². The summed E-state index contributed by atoms with van der Waals surface area (Å²) in [7, 11) is 0. The van der Waals surface area contributed by atoms with E-state index >= 15 is 0 Å². The zero-order chi connectivity index (χ0) is 17.6. The quantitative estimate of drug-likeness (QED) is 0.685. The number of aromatic nitrogens is 1. The number of carbonyl (C=O) groups excluding carboxylic acids is 1. The van der Waals surface area contributed by atoms with Gasteiger partial charge in [0.1, 0.15) is 11.6 Å². The Bertz CT molecular complexity index is 809. The molecule has 1 N–H and O–H groups in total. The number of hydrogen-bond donors (Lipinski definition) is 1. The lowest BCUT2D eigenvalue weighted by Crippen LogP contribution is -2.31. The highest BCUT2D eigenvalue weighted by Gasteiger charge is 2.13. The average molecular weight is 354 g/mol. The number of hydrogen-bond acceptors (Lipinski definition) is 4. The number of aryl methyl sites for hydroxylation is 1. The number of nitrogens with one attached hydrogen (secondary N) is 1. The number of para-hydroxylation sites is 1. The minimum atomic E-state index is -0.103. The zero-order valence-electron chi connectivity index (χ0n) is 14.5. The van der Waals surface area contributed by atoms with Gasteiger partial charge in [0.15, 0.2) is 0 Å². The molecule has 1 amide bonds. The molecule has 0 aliphatic heterocycles. The molecule has 4 nitrogen and oxygen atoms in total. The van der Waals surface area contributed by atoms with Gasteiger partial charge in [0, 0.05) is 0 Å². The Balaban J connectivity index is 1.50. The van der Waals surface area contributed by atoms with Gasteiger partial charge in [-0.05, 0) is 31.0 Å². The van der Waals surface area contributed by atoms with Crippen molar-refractivity contribution in [2.24, 2.45) is 0 Å². The Hall–Kier alpha value is -2.24. The number of benzene rings is 2. The molecule has 0 radical (unpaired) electrons. The molecule has 5 heteroatoms. The van der Waals surface area contributed by atoms with Crippen LogP contribution in [-0.4, -0.2) is 17.5 Å². The van der Waals surface area contributed by atoms with Crippen LogP contribution in [-0.2, 0) is 16.1 Å². The molecule has 2 aromatic carbocycles. The Morgan fingerprint density at radius 2 is 1.96 bits per heavy atom. The van der Waals surface area contributed by atoms with Crippen molar-refractivity contribution in [3.05, 3.63) is 64.7 Å². The highest BCUT2D eigenvalue weighted by Crippen LogP contribution is 2.22. The van der Waals surface area contributed by atoms with Gasteiger partial charge in [0.2, 0.25) is 5.91 Å². The molecule has 0 aliphatic rings. The maximum absolute atomic E-state index is 12.2. The summed E-state index contributed by atoms with van der Waals surface area (Å²) in [6, 6.07) is 16.2. The second-order valence-electron chi connectivity index (χ2n) is 6.01. The molecule has 0 saturated carbocycles. The molecule has 0 saturated heterocycles. The minimum absolute atomic E-state index is 0.0131. The van der Waals surface area contributed by atoms with Crippen LogP contribution in [0.5, 0.6) is 0 Å². The van der Waals surface area contributed by atoms with Gasteiger partial charge < -0.3 is 10.1 Å². The van der Waals surface area contributed by atoms with E-state index in [0.29, 0.717) is 6.61 Å². The molecule has 1 heterocycles. The van der Waals surface area contributed by atoms with Crippen LogP contribution in [0.25, 0.3) is 10.2 Å². The second-order valence-corrected chi connectivity index (χ2v) is 7.12. The van der Waals surface area contributed by atoms with Gasteiger partial charge in [-0.2, -0.15) is 0 Å². The van der Waals surface area contributed by atoms with E-state index in [1.807, 2.05) is 24.3 Å². The minimum Gasteiger partial charge on any atom is -0.364 e. The van der Waals surface area contributed by atoms with Crippen LogP contribution < -0.4 is 5.32 Å². The third kappa shape index (κ3) is 4.65. The molecule has 0 bridgehead atoms. The van der Waals surface area contributed by atoms with E-state index in [1.165, 1.54) is 5.56 Å². The van der Waals surface area contributed by atoms with E-state index in [1.54, 1.807) is 11.3 Å². The molecule has 0 aliphatic carbocycles. The number of fused-ring (bicyclic) bond motifs is 1. The Morgan fingerprint density at radius 1 is 1.20 bits per heavy atom. The number of carbonyl (C=O) groups is 1. The molecular formula is C20H22N2O2S. The number of ether oxygens (including phenoxy) is 1. The standard InChI is InChI=1S/C20H22N2O2S/c1-3-16(15-10-8-14(2)9-11-15)21-19(23)12-24-13-20-22-17-6-4-5-7-18(17)25-20/h4-11,16H,3,12-13H2,1-2H3,(H,21,23)/t16-/m1/s1. The lowest BCUT2D eigenvalue weighted by Gasteiger charge is -2.17. The predicted octanol–water partition coefficient (Wildman–Crippen LogP) is 4.39. The van der Waals surface area contributed by atoms with Gasteiger partial charge in [-0.25, -0.2) is 4.98 Å². The summed E-state index contributed by atoms with van der Waals surface area (Å²) in [4.78, 5) is 16.7. The van der Waals surface area contributed by atoms with E-state index in [9.17, 15) is 4.79 Å². The maximum atomic E-state index is 12.2. The van der Waals surface area contributed by atoms with Crippen LogP contribution in [0.15, 0.2) is 48.5 Å². The molecule has 3 aromatic rings. The lowest BCUT2D eigenvalue weighted by molar-refractivity contribution is -0.126. The fourth-order valence-corrected chi connectivity index (χ4v) is 3.57. The van der Waals surface area contributed by atoms with Gasteiger partial charge in [-0.3, -0.25) is 4.79 Å². The average Bonchev–Trinajstić information content (AvgIpc) is 3.03. The molecule has 25 heavy (non-hydrogen) atoms. The molecule has 0 fully saturated rings. The smallest absolute Gasteiger partial charge is 0.246 e. The van der Waals surface area contributed by atoms with E-state index < -0.39 is 0 Å². The molecule has 130 valence electrons. The molecular weight excluding hydrogens is 332 g/mol. The van der Waals surface area contributed by atoms with E-state index in [-0.39, 0.29) is 18.6 Å². The molecule has 1 aromatic heterocycles. The first-order valence-corrected chi connectivity index (χ1v) is 9.25. The summed E-state index contributed by atoms with van der Waals surface area (Å²) in [5.41, 5.74) is 3.30. The van der Waals surface area contributed by atoms with Crippen molar-refractivity contribution in [1.82, 2.24) is 10.3 Å². The summed E-state index contributed by atoms with van der Waals surface area (Å²) >= 11 is 1.60. The van der Waals surface area contributed by atoms with Gasteiger partial charge >= 0.3 is 0 Å². The number of amides is 1. The zero-order valence-corrected chi connectivity index (χ0v) is 15.3. The monoisotopic (exact) mass is 354 g/mol. The molecule has 0 unspecified atom stereocenters. The van der Waals surface area contributed by atoms with Crippen molar-refractivity contribution in [1.29, 1.82) is 0 Å². The summed E-state index contributed by atoms with van der Waals surface area (Å²) < 4.78 is 6.68. The van der Waals surface area contributed by atoms with E-state index in [2.05, 4.69) is 48.4 Å². The van der Waals surface area contributed by atoms with Crippen LogP contribution in [0.4, 0.5) is 0 Å². The van der Waals surface area contributed by atoms with Crippen molar-refractivity contribution < 1.29 is 9.53 Å². The fourth-order valence-electron chi connectivity index (χ4n) is 2.67. The fraction of sp³-hybridized carbons (Fsp3) is 0.300. The Morgan fingerprint density at radius 3 is 2.68 bits per heavy atom. The summed E-state index contributed by atoms with van der Waals surface area (Å²) in [6.45, 7) is 4.51. The van der Waals surface area contributed by atoms with Crippen molar-refractivity contribution >= 4 is 27.5 Å². The van der Waals surface area contributed by atoms with E-state index in [0.717, 1.165) is 27.2 Å². The van der Waals surface area contributed by atoms with Crippen LogP contribution >= 0.6 is 11.3 Å². The third-order valence-corrected chi connectivity index (χ3v) is 5.03. The number of thiazole rings is 1. The predicted molar refractivity (Wildman–Crippen MR) is 102 cm³/mol. The summed E-state index contributed by atoms with van der Waals surface area (Å²) in [6.07, 6.45) is 0.840. The van der Waals surface area contributed by atoms with Crippen LogP contribution in [0.2, 0.25) is 0 Å². The highest BCUT2D eigenvalue weighted by atomic mass is 32.1. The maximum Gasteiger partial charge on any atom is 0.246 e. The first-order chi connectivity index (χ1) is 12.2. The Kier molecular flexibility index (Phi) is 5.79. The lowest BCUT2D eigenvalue weighted by atomic mass is 10.0. The van der Waals surface area contributed by atoms with E-state index in [4.69, 9.17) is 4.74 Å².